The minimum atomic E-state index is -0.455. The van der Waals surface area contributed by atoms with Gasteiger partial charge in [0.15, 0.2) is 0 Å². The summed E-state index contributed by atoms with van der Waals surface area (Å²) in [5.74, 6) is -0.779. The Balaban J connectivity index is 1.87. The number of benzene rings is 1. The van der Waals surface area contributed by atoms with E-state index >= 15 is 0 Å². The van der Waals surface area contributed by atoms with E-state index in [9.17, 15) is 14.4 Å². The van der Waals surface area contributed by atoms with Crippen molar-refractivity contribution in [1.29, 1.82) is 0 Å². The van der Waals surface area contributed by atoms with E-state index in [-0.39, 0.29) is 17.9 Å². The summed E-state index contributed by atoms with van der Waals surface area (Å²) >= 11 is 0. The maximum atomic E-state index is 12.9. The second kappa shape index (κ2) is 7.88. The summed E-state index contributed by atoms with van der Waals surface area (Å²) in [6, 6.07) is 7.22. The Hall–Kier alpha value is -3.09. The van der Waals surface area contributed by atoms with E-state index in [1.165, 1.54) is 0 Å². The van der Waals surface area contributed by atoms with Gasteiger partial charge < -0.3 is 19.9 Å². The van der Waals surface area contributed by atoms with Crippen molar-refractivity contribution in [1.82, 2.24) is 4.98 Å². The van der Waals surface area contributed by atoms with Crippen LogP contribution in [0.25, 0.3) is 0 Å². The van der Waals surface area contributed by atoms with Gasteiger partial charge in [-0.1, -0.05) is 12.1 Å². The molecule has 1 fully saturated rings. The van der Waals surface area contributed by atoms with Gasteiger partial charge in [-0.2, -0.15) is 0 Å². The highest BCUT2D eigenvalue weighted by Crippen LogP contribution is 2.30. The van der Waals surface area contributed by atoms with E-state index in [4.69, 9.17) is 4.74 Å². The minimum absolute atomic E-state index is 0.0484. The third-order valence-electron chi connectivity index (χ3n) is 4.73. The summed E-state index contributed by atoms with van der Waals surface area (Å²) in [6.45, 7) is 7.64. The van der Waals surface area contributed by atoms with E-state index in [0.29, 0.717) is 46.9 Å². The minimum Gasteiger partial charge on any atom is -0.459 e. The Kier molecular flexibility index (Phi) is 5.53. The first kappa shape index (κ1) is 19.7. The number of esters is 1. The highest BCUT2D eigenvalue weighted by Gasteiger charge is 2.26. The van der Waals surface area contributed by atoms with Crippen molar-refractivity contribution in [2.24, 2.45) is 0 Å². The molecule has 2 N–H and O–H groups in total. The van der Waals surface area contributed by atoms with E-state index < -0.39 is 5.97 Å². The second-order valence-corrected chi connectivity index (χ2v) is 7.20. The van der Waals surface area contributed by atoms with Gasteiger partial charge in [-0.3, -0.25) is 9.59 Å². The molecule has 0 spiro atoms. The molecule has 0 saturated carbocycles. The zero-order valence-corrected chi connectivity index (χ0v) is 16.6. The molecule has 7 nitrogen and oxygen atoms in total. The number of para-hydroxylation sites is 2. The molecule has 0 radical (unpaired) electrons. The van der Waals surface area contributed by atoms with Crippen LogP contribution in [0.5, 0.6) is 0 Å². The topological polar surface area (TPSA) is 91.5 Å². The van der Waals surface area contributed by atoms with Crippen LogP contribution in [-0.4, -0.2) is 35.4 Å². The lowest BCUT2D eigenvalue weighted by Gasteiger charge is -2.19. The summed E-state index contributed by atoms with van der Waals surface area (Å²) in [6.07, 6.45) is 1.07. The van der Waals surface area contributed by atoms with Crippen LogP contribution in [0.2, 0.25) is 0 Å². The summed E-state index contributed by atoms with van der Waals surface area (Å²) < 4.78 is 5.27. The molecule has 1 aromatic heterocycles. The second-order valence-electron chi connectivity index (χ2n) is 7.20. The lowest BCUT2D eigenvalue weighted by molar-refractivity contribution is -0.117. The molecule has 2 amide bonds. The Morgan fingerprint density at radius 3 is 2.57 bits per heavy atom. The molecule has 0 bridgehead atoms. The quantitative estimate of drug-likeness (QED) is 0.772. The summed E-state index contributed by atoms with van der Waals surface area (Å²) in [7, 11) is 0. The van der Waals surface area contributed by atoms with Gasteiger partial charge in [0.05, 0.1) is 23.0 Å². The summed E-state index contributed by atoms with van der Waals surface area (Å²) in [5.41, 5.74) is 3.03. The highest BCUT2D eigenvalue weighted by molar-refractivity contribution is 6.09. The van der Waals surface area contributed by atoms with Gasteiger partial charge in [0.1, 0.15) is 5.69 Å². The standard InChI is InChI=1S/C21H25N3O4/c1-12(2)28-21(27)18-13(3)19(22-14(18)4)20(26)23-15-8-5-6-9-16(15)24-11-7-10-17(24)25/h5-6,8-9,12,22H,7,10-11H2,1-4H3,(H,23,26). The molecule has 2 aromatic rings. The van der Waals surface area contributed by atoms with Crippen molar-refractivity contribution in [2.75, 3.05) is 16.8 Å². The first-order valence-electron chi connectivity index (χ1n) is 9.40. The summed E-state index contributed by atoms with van der Waals surface area (Å²) in [5, 5.41) is 2.87. The fourth-order valence-corrected chi connectivity index (χ4v) is 3.46. The van der Waals surface area contributed by atoms with Gasteiger partial charge >= 0.3 is 5.97 Å². The van der Waals surface area contributed by atoms with E-state index in [2.05, 4.69) is 10.3 Å². The molecule has 1 saturated heterocycles. The molecule has 1 aliphatic rings. The Bertz CT molecular complexity index is 930. The SMILES string of the molecule is Cc1[nH]c(C(=O)Nc2ccccc2N2CCCC2=O)c(C)c1C(=O)OC(C)C. The van der Waals surface area contributed by atoms with Crippen LogP contribution in [0.4, 0.5) is 11.4 Å². The van der Waals surface area contributed by atoms with Crippen molar-refractivity contribution in [3.05, 3.63) is 46.8 Å². The fraction of sp³-hybridized carbons (Fsp3) is 0.381. The van der Waals surface area contributed by atoms with Gasteiger partial charge in [0, 0.05) is 18.7 Å². The number of aryl methyl sites for hydroxylation is 1. The van der Waals surface area contributed by atoms with Crippen LogP contribution in [0.1, 0.15) is 58.8 Å². The Morgan fingerprint density at radius 2 is 1.93 bits per heavy atom. The van der Waals surface area contributed by atoms with Crippen LogP contribution in [0.3, 0.4) is 0 Å². The van der Waals surface area contributed by atoms with Crippen molar-refractivity contribution in [3.63, 3.8) is 0 Å². The van der Waals surface area contributed by atoms with Gasteiger partial charge in [-0.05, 0) is 51.8 Å². The number of nitrogens with one attached hydrogen (secondary N) is 2. The normalized spacial score (nSPS) is 13.9. The number of anilines is 2. The number of hydrogen-bond acceptors (Lipinski definition) is 4. The van der Waals surface area contributed by atoms with Crippen molar-refractivity contribution < 1.29 is 19.1 Å². The highest BCUT2D eigenvalue weighted by atomic mass is 16.5. The van der Waals surface area contributed by atoms with Crippen LogP contribution in [0, 0.1) is 13.8 Å². The number of ether oxygens (including phenoxy) is 1. The van der Waals surface area contributed by atoms with Crippen LogP contribution < -0.4 is 10.2 Å². The van der Waals surface area contributed by atoms with Crippen LogP contribution in [-0.2, 0) is 9.53 Å². The Labute approximate surface area is 164 Å². The number of rotatable bonds is 5. The lowest BCUT2D eigenvalue weighted by atomic mass is 10.1. The molecule has 28 heavy (non-hydrogen) atoms. The monoisotopic (exact) mass is 383 g/mol. The van der Waals surface area contributed by atoms with Gasteiger partial charge in [0.25, 0.3) is 5.91 Å². The molecule has 1 aliphatic heterocycles. The molecular weight excluding hydrogens is 358 g/mol. The molecule has 1 aromatic carbocycles. The number of carbonyl (C=O) groups excluding carboxylic acids is 3. The molecule has 0 atom stereocenters. The molecular formula is C21H25N3O4. The van der Waals surface area contributed by atoms with Crippen molar-refractivity contribution in [2.45, 2.75) is 46.6 Å². The zero-order valence-electron chi connectivity index (χ0n) is 16.6. The van der Waals surface area contributed by atoms with Crippen molar-refractivity contribution >= 4 is 29.2 Å². The van der Waals surface area contributed by atoms with E-state index in [1.54, 1.807) is 44.7 Å². The zero-order chi connectivity index (χ0) is 20.4. The van der Waals surface area contributed by atoms with Crippen molar-refractivity contribution in [3.8, 4) is 0 Å². The average Bonchev–Trinajstić information content (AvgIpc) is 3.17. The molecule has 148 valence electrons. The predicted octanol–water partition coefficient (Wildman–Crippen LogP) is 3.58. The third kappa shape index (κ3) is 3.78. The first-order chi connectivity index (χ1) is 13.3. The Morgan fingerprint density at radius 1 is 1.21 bits per heavy atom. The number of carbonyl (C=O) groups is 3. The van der Waals surface area contributed by atoms with E-state index in [0.717, 1.165) is 6.42 Å². The predicted molar refractivity (Wildman–Crippen MR) is 107 cm³/mol. The maximum absolute atomic E-state index is 12.9. The maximum Gasteiger partial charge on any atom is 0.340 e. The summed E-state index contributed by atoms with van der Waals surface area (Å²) in [4.78, 5) is 42.0. The van der Waals surface area contributed by atoms with Crippen LogP contribution in [0.15, 0.2) is 24.3 Å². The average molecular weight is 383 g/mol. The third-order valence-corrected chi connectivity index (χ3v) is 4.73. The molecule has 0 unspecified atom stereocenters. The number of H-pyrrole nitrogens is 1. The first-order valence-corrected chi connectivity index (χ1v) is 9.40. The fourth-order valence-electron chi connectivity index (χ4n) is 3.46. The number of aromatic amines is 1. The molecule has 2 heterocycles. The van der Waals surface area contributed by atoms with Gasteiger partial charge in [-0.15, -0.1) is 0 Å². The van der Waals surface area contributed by atoms with Gasteiger partial charge in [-0.25, -0.2) is 4.79 Å². The lowest BCUT2D eigenvalue weighted by Crippen LogP contribution is -2.25. The largest absolute Gasteiger partial charge is 0.459 e. The molecule has 0 aliphatic carbocycles. The van der Waals surface area contributed by atoms with Gasteiger partial charge in [0.2, 0.25) is 5.91 Å². The van der Waals surface area contributed by atoms with Crippen LogP contribution >= 0.6 is 0 Å². The molecule has 7 heteroatoms. The number of nitrogens with zero attached hydrogens (tertiary/aromatic N) is 1. The number of amides is 2. The number of aromatic nitrogens is 1. The smallest absolute Gasteiger partial charge is 0.340 e. The molecule has 3 rings (SSSR count). The van der Waals surface area contributed by atoms with E-state index in [1.807, 2.05) is 12.1 Å². The number of hydrogen-bond donors (Lipinski definition) is 2.